The Morgan fingerprint density at radius 2 is 1.58 bits per heavy atom. The maximum absolute atomic E-state index is 5.54. The number of hydrogen-bond donors (Lipinski definition) is 0. The Hall–Kier alpha value is -1.07. The smallest absolute Gasteiger partial charge is 0.107 e. The molecule has 24 heavy (non-hydrogen) atoms. The average Bonchev–Trinajstić information content (AvgIpc) is 2.59. The lowest BCUT2D eigenvalue weighted by molar-refractivity contribution is 0.157. The van der Waals surface area contributed by atoms with E-state index in [1.807, 2.05) is 6.20 Å². The first-order chi connectivity index (χ1) is 11.7. The molecule has 2 unspecified atom stereocenters. The maximum atomic E-state index is 5.54. The lowest BCUT2D eigenvalue weighted by Crippen LogP contribution is -2.12. The first-order valence-electron chi connectivity index (χ1n) is 8.47. The van der Waals surface area contributed by atoms with Crippen molar-refractivity contribution in [3.63, 3.8) is 0 Å². The van der Waals surface area contributed by atoms with Gasteiger partial charge in [-0.05, 0) is 25.0 Å². The molecule has 1 rings (SSSR count). The van der Waals surface area contributed by atoms with Crippen LogP contribution in [0.25, 0.3) is 0 Å². The number of rotatable bonds is 14. The molecule has 134 valence electrons. The summed E-state index contributed by atoms with van der Waals surface area (Å²) in [5.74, 6) is 1.81. The van der Waals surface area contributed by atoms with Gasteiger partial charge in [0.05, 0.1) is 17.6 Å². The molecule has 2 atom stereocenters. The second-order valence-corrected chi connectivity index (χ2v) is 7.51. The fourth-order valence-electron chi connectivity index (χ4n) is 2.20. The quantitative estimate of drug-likeness (QED) is 0.301. The number of pyridine rings is 1. The van der Waals surface area contributed by atoms with Gasteiger partial charge in [0.15, 0.2) is 0 Å². The number of nitrogens with zero attached hydrogens (tertiary/aromatic N) is 1. The predicted molar refractivity (Wildman–Crippen MR) is 106 cm³/mol. The summed E-state index contributed by atoms with van der Waals surface area (Å²) in [5, 5.41) is 1.03. The summed E-state index contributed by atoms with van der Waals surface area (Å²) in [5.41, 5.74) is 0. The fraction of sp³-hybridized carbons (Fsp3) is 0.526. The van der Waals surface area contributed by atoms with Gasteiger partial charge in [0.2, 0.25) is 0 Å². The summed E-state index contributed by atoms with van der Waals surface area (Å²) >= 11 is 3.50. The highest BCUT2D eigenvalue weighted by molar-refractivity contribution is 7.99. The zero-order valence-electron chi connectivity index (χ0n) is 14.8. The summed E-state index contributed by atoms with van der Waals surface area (Å²) in [4.78, 5) is 5.71. The lowest BCUT2D eigenvalue weighted by atomic mass is 10.2. The number of hydrogen-bond acceptors (Lipinski definition) is 5. The highest BCUT2D eigenvalue weighted by Crippen LogP contribution is 2.24. The summed E-state index contributed by atoms with van der Waals surface area (Å²) < 4.78 is 11.1. The fourth-order valence-corrected chi connectivity index (χ4v) is 4.01. The van der Waals surface area contributed by atoms with Crippen LogP contribution < -0.4 is 0 Å². The van der Waals surface area contributed by atoms with Crippen molar-refractivity contribution >= 4 is 23.5 Å². The largest absolute Gasteiger partial charge is 0.498 e. The molecule has 0 aliphatic carbocycles. The zero-order chi connectivity index (χ0) is 17.6. The molecule has 0 fully saturated rings. The zero-order valence-corrected chi connectivity index (χ0v) is 16.4. The van der Waals surface area contributed by atoms with E-state index in [4.69, 9.17) is 9.47 Å². The molecule has 0 aromatic carbocycles. The van der Waals surface area contributed by atoms with Crippen molar-refractivity contribution in [3.05, 3.63) is 44.0 Å². The second kappa shape index (κ2) is 13.2. The standard InChI is InChI=1S/C19H29NO2S2/c1-5-9-16(21-7-3)14-23-18-11-12-19(20-13-18)24-15-17(10-6-2)22-8-4/h7-8,11-13,16-17H,3-6,9-10,14-15H2,1-2H3. The second-order valence-electron chi connectivity index (χ2n) is 5.38. The van der Waals surface area contributed by atoms with Gasteiger partial charge in [-0.3, -0.25) is 0 Å². The van der Waals surface area contributed by atoms with E-state index in [0.29, 0.717) is 0 Å². The molecule has 0 amide bonds. The van der Waals surface area contributed by atoms with Crippen molar-refractivity contribution in [2.75, 3.05) is 11.5 Å². The molecule has 0 N–H and O–H groups in total. The molecule has 0 spiro atoms. The Morgan fingerprint density at radius 3 is 2.04 bits per heavy atom. The molecule has 0 saturated heterocycles. The van der Waals surface area contributed by atoms with E-state index in [2.05, 4.69) is 44.1 Å². The first kappa shape index (κ1) is 21.0. The average molecular weight is 368 g/mol. The van der Waals surface area contributed by atoms with Gasteiger partial charge in [0, 0.05) is 22.6 Å². The van der Waals surface area contributed by atoms with Crippen molar-refractivity contribution in [1.29, 1.82) is 0 Å². The molecule has 3 nitrogen and oxygen atoms in total. The van der Waals surface area contributed by atoms with Crippen LogP contribution in [0.3, 0.4) is 0 Å². The monoisotopic (exact) mass is 367 g/mol. The molecule has 0 radical (unpaired) electrons. The molecule has 0 aliphatic rings. The van der Waals surface area contributed by atoms with E-state index in [1.54, 1.807) is 23.5 Å². The molecule has 0 aliphatic heterocycles. The minimum absolute atomic E-state index is 0.208. The van der Waals surface area contributed by atoms with Gasteiger partial charge in [-0.15, -0.1) is 23.5 Å². The van der Waals surface area contributed by atoms with Gasteiger partial charge >= 0.3 is 0 Å². The molecule has 1 aromatic rings. The summed E-state index contributed by atoms with van der Waals surface area (Å²) in [7, 11) is 0. The van der Waals surface area contributed by atoms with Crippen LogP contribution in [0.2, 0.25) is 0 Å². The van der Waals surface area contributed by atoms with E-state index < -0.39 is 0 Å². The predicted octanol–water partition coefficient (Wildman–Crippen LogP) is 5.92. The van der Waals surface area contributed by atoms with Crippen LogP contribution in [0.1, 0.15) is 39.5 Å². The molecular weight excluding hydrogens is 338 g/mol. The van der Waals surface area contributed by atoms with E-state index in [1.165, 1.54) is 17.4 Å². The Bertz CT molecular complexity index is 422. The van der Waals surface area contributed by atoms with Crippen molar-refractivity contribution in [3.8, 4) is 0 Å². The summed E-state index contributed by atoms with van der Waals surface area (Å²) in [6.45, 7) is 11.6. The third-order valence-corrected chi connectivity index (χ3v) is 5.55. The topological polar surface area (TPSA) is 31.4 Å². The SMILES string of the molecule is C=COC(CCC)CSc1ccc(SCC(CCC)OC=C)nc1. The van der Waals surface area contributed by atoms with E-state index in [0.717, 1.165) is 42.2 Å². The van der Waals surface area contributed by atoms with Crippen molar-refractivity contribution in [1.82, 2.24) is 4.98 Å². The van der Waals surface area contributed by atoms with E-state index >= 15 is 0 Å². The Labute approximate surface area is 155 Å². The third kappa shape index (κ3) is 8.69. The maximum Gasteiger partial charge on any atom is 0.107 e. The van der Waals surface area contributed by atoms with Crippen LogP contribution in [0.15, 0.2) is 53.9 Å². The van der Waals surface area contributed by atoms with Crippen LogP contribution in [-0.4, -0.2) is 28.7 Å². The highest BCUT2D eigenvalue weighted by Gasteiger charge is 2.10. The van der Waals surface area contributed by atoms with Crippen LogP contribution in [0.4, 0.5) is 0 Å². The van der Waals surface area contributed by atoms with Gasteiger partial charge < -0.3 is 9.47 Å². The van der Waals surface area contributed by atoms with Crippen LogP contribution in [0.5, 0.6) is 0 Å². The van der Waals surface area contributed by atoms with Gasteiger partial charge in [0.1, 0.15) is 12.2 Å². The molecule has 0 saturated carbocycles. The summed E-state index contributed by atoms with van der Waals surface area (Å²) in [6.07, 6.45) is 9.73. The van der Waals surface area contributed by atoms with Gasteiger partial charge in [0.25, 0.3) is 0 Å². The number of ether oxygens (including phenoxy) is 2. The number of thioether (sulfide) groups is 2. The Morgan fingerprint density at radius 1 is 1.00 bits per heavy atom. The van der Waals surface area contributed by atoms with Crippen LogP contribution >= 0.6 is 23.5 Å². The van der Waals surface area contributed by atoms with Crippen LogP contribution in [-0.2, 0) is 9.47 Å². The molecule has 1 heterocycles. The molecule has 5 heteroatoms. The Kier molecular flexibility index (Phi) is 11.6. The van der Waals surface area contributed by atoms with Crippen molar-refractivity contribution < 1.29 is 9.47 Å². The number of aromatic nitrogens is 1. The van der Waals surface area contributed by atoms with Crippen LogP contribution in [0, 0.1) is 0 Å². The van der Waals surface area contributed by atoms with Gasteiger partial charge in [-0.2, -0.15) is 0 Å². The van der Waals surface area contributed by atoms with Gasteiger partial charge in [-0.1, -0.05) is 39.8 Å². The minimum Gasteiger partial charge on any atom is -0.498 e. The Balaban J connectivity index is 2.44. The summed E-state index contributed by atoms with van der Waals surface area (Å²) in [6, 6.07) is 4.20. The minimum atomic E-state index is 0.208. The van der Waals surface area contributed by atoms with E-state index in [9.17, 15) is 0 Å². The van der Waals surface area contributed by atoms with Gasteiger partial charge in [-0.25, -0.2) is 4.98 Å². The van der Waals surface area contributed by atoms with Crippen molar-refractivity contribution in [2.45, 2.75) is 61.7 Å². The molecular formula is C19H29NO2S2. The first-order valence-corrected chi connectivity index (χ1v) is 10.4. The third-order valence-electron chi connectivity index (χ3n) is 3.36. The van der Waals surface area contributed by atoms with E-state index in [-0.39, 0.29) is 12.2 Å². The lowest BCUT2D eigenvalue weighted by Gasteiger charge is -2.15. The highest BCUT2D eigenvalue weighted by atomic mass is 32.2. The molecule has 0 bridgehead atoms. The normalized spacial score (nSPS) is 13.1. The van der Waals surface area contributed by atoms with Crippen molar-refractivity contribution in [2.24, 2.45) is 0 Å². The molecule has 1 aromatic heterocycles.